The molecule has 2 rings (SSSR count). The van der Waals surface area contributed by atoms with Gasteiger partial charge in [-0.15, -0.1) is 12.7 Å². The van der Waals surface area contributed by atoms with E-state index in [1.54, 1.807) is 0 Å². The normalized spacial score (nSPS) is 10.9. The minimum atomic E-state index is -0.826. The number of aliphatic imine (C=N–C) groups is 1. The van der Waals surface area contributed by atoms with E-state index in [2.05, 4.69) is 61.4 Å². The van der Waals surface area contributed by atoms with Crippen LogP contribution in [0.1, 0.15) is 37.5 Å². The van der Waals surface area contributed by atoms with Crippen LogP contribution in [0.5, 0.6) is 0 Å². The quantitative estimate of drug-likeness (QED) is 0.477. The van der Waals surface area contributed by atoms with Gasteiger partial charge < -0.3 is 5.32 Å². The molecule has 0 bridgehead atoms. The molecule has 128 valence electrons. The third-order valence-corrected chi connectivity index (χ3v) is 3.45. The van der Waals surface area contributed by atoms with E-state index in [4.69, 9.17) is 17.0 Å². The Labute approximate surface area is 164 Å². The van der Waals surface area contributed by atoms with E-state index in [-0.39, 0.29) is 5.41 Å². The third kappa shape index (κ3) is 7.09. The predicted octanol–water partition coefficient (Wildman–Crippen LogP) is 6.61. The van der Waals surface area contributed by atoms with Crippen molar-refractivity contribution in [3.8, 4) is 0 Å². The molecule has 0 radical (unpaired) electrons. The van der Waals surface area contributed by atoms with E-state index in [0.29, 0.717) is 6.54 Å². The Hall–Kier alpha value is -0.627. The van der Waals surface area contributed by atoms with Gasteiger partial charge in [0.1, 0.15) is 0 Å². The van der Waals surface area contributed by atoms with Gasteiger partial charge in [-0.1, -0.05) is 74.9 Å². The molecule has 0 aliphatic heterocycles. The van der Waals surface area contributed by atoms with Crippen molar-refractivity contribution in [2.45, 2.75) is 32.7 Å². The fourth-order valence-corrected chi connectivity index (χ4v) is 2.35. The Morgan fingerprint density at radius 3 is 2.21 bits per heavy atom. The molecule has 0 saturated carbocycles. The molecule has 0 heterocycles. The molecule has 0 amide bonds. The summed E-state index contributed by atoms with van der Waals surface area (Å²) in [5.41, 5.74) is 4.69. The van der Waals surface area contributed by atoms with Gasteiger partial charge in [0.25, 0.3) is 0 Å². The number of hydrogen-bond acceptors (Lipinski definition) is 1. The van der Waals surface area contributed by atoms with E-state index >= 15 is 0 Å². The molecule has 0 aromatic heterocycles. The van der Waals surface area contributed by atoms with Crippen LogP contribution in [0.15, 0.2) is 53.5 Å². The molecule has 5 heteroatoms. The van der Waals surface area contributed by atoms with Crippen LogP contribution in [0.2, 0.25) is 0 Å². The molecule has 24 heavy (non-hydrogen) atoms. The summed E-state index contributed by atoms with van der Waals surface area (Å²) >= 11 is -0.826. The molecule has 0 fully saturated rings. The maximum absolute atomic E-state index is 4.93. The predicted molar refractivity (Wildman–Crippen MR) is 104 cm³/mol. The molecule has 2 aromatic carbocycles. The Kier molecular flexibility index (Phi) is 9.89. The van der Waals surface area contributed by atoms with E-state index < -0.39 is 20.8 Å². The van der Waals surface area contributed by atoms with E-state index in [1.165, 1.54) is 11.1 Å². The summed E-state index contributed by atoms with van der Waals surface area (Å²) in [6.45, 7) is 7.33. The summed E-state index contributed by atoms with van der Waals surface area (Å²) in [4.78, 5) is 4.56. The van der Waals surface area contributed by atoms with E-state index in [0.717, 1.165) is 11.3 Å². The first-order chi connectivity index (χ1) is 11.4. The Bertz CT molecular complexity index is 638. The second kappa shape index (κ2) is 11.1. The SMILES string of the molecule is C[N-]c1c(C=NCc2ccccc2)cccc1C(C)(C)C.[Cl][Zr][Cl]. The Morgan fingerprint density at radius 1 is 1.04 bits per heavy atom. The van der Waals surface area contributed by atoms with Gasteiger partial charge in [-0.3, -0.25) is 4.99 Å². The van der Waals surface area contributed by atoms with Gasteiger partial charge in [0, 0.05) is 6.21 Å². The molecule has 0 aliphatic rings. The van der Waals surface area contributed by atoms with Crippen molar-refractivity contribution in [2.75, 3.05) is 7.05 Å². The number of halogens is 2. The molecule has 0 saturated heterocycles. The second-order valence-corrected chi connectivity index (χ2v) is 9.98. The molecule has 0 unspecified atom stereocenters. The first-order valence-electron chi connectivity index (χ1n) is 7.67. The van der Waals surface area contributed by atoms with Gasteiger partial charge in [0.05, 0.1) is 6.54 Å². The van der Waals surface area contributed by atoms with Crippen molar-refractivity contribution in [1.29, 1.82) is 0 Å². The van der Waals surface area contributed by atoms with E-state index in [9.17, 15) is 0 Å². The number of hydrogen-bond donors (Lipinski definition) is 0. The van der Waals surface area contributed by atoms with Crippen LogP contribution in [0, 0.1) is 0 Å². The molecular formula is C19H23Cl2N2Zr-. The van der Waals surface area contributed by atoms with Crippen LogP contribution in [0.4, 0.5) is 5.69 Å². The van der Waals surface area contributed by atoms with Gasteiger partial charge >= 0.3 is 37.9 Å². The van der Waals surface area contributed by atoms with Crippen molar-refractivity contribution in [1.82, 2.24) is 0 Å². The summed E-state index contributed by atoms with van der Waals surface area (Å²) in [5, 5.41) is 4.47. The second-order valence-electron chi connectivity index (χ2n) is 6.24. The van der Waals surface area contributed by atoms with Gasteiger partial charge in [-0.05, 0) is 16.5 Å². The van der Waals surface area contributed by atoms with Crippen LogP contribution in [0.3, 0.4) is 0 Å². The third-order valence-electron chi connectivity index (χ3n) is 3.45. The minimum absolute atomic E-state index is 0.0815. The summed E-state index contributed by atoms with van der Waals surface area (Å²) in [7, 11) is 11.7. The number of benzene rings is 2. The van der Waals surface area contributed by atoms with Crippen molar-refractivity contribution in [3.05, 3.63) is 70.5 Å². The summed E-state index contributed by atoms with van der Waals surface area (Å²) in [6.07, 6.45) is 1.94. The van der Waals surface area contributed by atoms with Gasteiger partial charge in [-0.25, -0.2) is 0 Å². The molecule has 0 atom stereocenters. The van der Waals surface area contributed by atoms with Gasteiger partial charge in [0.2, 0.25) is 0 Å². The average molecular weight is 442 g/mol. The van der Waals surface area contributed by atoms with Crippen LogP contribution < -0.4 is 0 Å². The number of para-hydroxylation sites is 1. The zero-order valence-electron chi connectivity index (χ0n) is 14.6. The van der Waals surface area contributed by atoms with Crippen molar-refractivity contribution in [2.24, 2.45) is 4.99 Å². The molecule has 0 N–H and O–H groups in total. The van der Waals surface area contributed by atoms with Crippen LogP contribution in [0.25, 0.3) is 5.32 Å². The van der Waals surface area contributed by atoms with Crippen LogP contribution >= 0.6 is 17.0 Å². The Balaban J connectivity index is 0.000000891. The summed E-state index contributed by atoms with van der Waals surface area (Å²) in [5.74, 6) is 0. The first-order valence-corrected chi connectivity index (χ1v) is 14.0. The van der Waals surface area contributed by atoms with Crippen LogP contribution in [-0.2, 0) is 32.8 Å². The zero-order chi connectivity index (χ0) is 18.0. The summed E-state index contributed by atoms with van der Waals surface area (Å²) in [6, 6.07) is 16.6. The van der Waals surface area contributed by atoms with Gasteiger partial charge in [-0.2, -0.15) is 0 Å². The summed E-state index contributed by atoms with van der Waals surface area (Å²) < 4.78 is 0. The number of rotatable bonds is 4. The Morgan fingerprint density at radius 2 is 1.67 bits per heavy atom. The fourth-order valence-electron chi connectivity index (χ4n) is 2.35. The van der Waals surface area contributed by atoms with Crippen LogP contribution in [-0.4, -0.2) is 13.3 Å². The standard InChI is InChI=1S/C19H23N2.2ClH.Zr/c1-19(2,3)17-12-8-11-16(18(17)20-4)14-21-13-15-9-6-5-7-10-15;;;/h5-12,14H,13H2,1-4H3;2*1H;/q-1;;;+2/p-2. The maximum atomic E-state index is 4.93. The molecule has 0 spiro atoms. The topological polar surface area (TPSA) is 26.5 Å². The molecule has 0 aliphatic carbocycles. The molecular weight excluding hydrogens is 418 g/mol. The zero-order valence-corrected chi connectivity index (χ0v) is 18.5. The molecule has 2 nitrogen and oxygen atoms in total. The first kappa shape index (κ1) is 21.4. The van der Waals surface area contributed by atoms with Crippen molar-refractivity contribution in [3.63, 3.8) is 0 Å². The van der Waals surface area contributed by atoms with Crippen molar-refractivity contribution >= 4 is 28.9 Å². The number of nitrogens with zero attached hydrogens (tertiary/aromatic N) is 2. The monoisotopic (exact) mass is 439 g/mol. The average Bonchev–Trinajstić information content (AvgIpc) is 2.55. The van der Waals surface area contributed by atoms with Crippen molar-refractivity contribution < 1.29 is 20.8 Å². The molecule has 2 aromatic rings. The van der Waals surface area contributed by atoms with Gasteiger partial charge in [0.15, 0.2) is 0 Å². The fraction of sp³-hybridized carbons (Fsp3) is 0.316. The van der Waals surface area contributed by atoms with E-state index in [1.807, 2.05) is 31.5 Å².